The standard InChI is InChI=1S/C28H34ClN3O/c1-19(2)24-11-7-12-25(20(3)4)27(24)30-28(33)32(22-14-15-22)18-23-10-8-16-31(23)17-21-9-5-6-13-26(21)29/h5-13,16,19-20,22H,14-15,17-18H2,1-4H3,(H,30,33). The van der Waals surface area contributed by atoms with Gasteiger partial charge in [-0.15, -0.1) is 0 Å². The molecule has 1 fully saturated rings. The van der Waals surface area contributed by atoms with Crippen molar-refractivity contribution in [2.24, 2.45) is 0 Å². The number of nitrogens with one attached hydrogen (secondary N) is 1. The average molecular weight is 464 g/mol. The van der Waals surface area contributed by atoms with Gasteiger partial charge in [0.15, 0.2) is 0 Å². The summed E-state index contributed by atoms with van der Waals surface area (Å²) >= 11 is 6.39. The summed E-state index contributed by atoms with van der Waals surface area (Å²) in [6.45, 7) is 9.97. The predicted molar refractivity (Wildman–Crippen MR) is 137 cm³/mol. The first-order chi connectivity index (χ1) is 15.8. The first-order valence-electron chi connectivity index (χ1n) is 11.9. The number of anilines is 1. The van der Waals surface area contributed by atoms with Crippen LogP contribution in [0.2, 0.25) is 5.02 Å². The van der Waals surface area contributed by atoms with Gasteiger partial charge >= 0.3 is 6.03 Å². The topological polar surface area (TPSA) is 37.3 Å². The van der Waals surface area contributed by atoms with Gasteiger partial charge in [0.25, 0.3) is 0 Å². The van der Waals surface area contributed by atoms with Crippen LogP contribution in [-0.2, 0) is 13.1 Å². The minimum Gasteiger partial charge on any atom is -0.345 e. The Morgan fingerprint density at radius 2 is 1.67 bits per heavy atom. The zero-order chi connectivity index (χ0) is 23.5. The van der Waals surface area contributed by atoms with E-state index in [0.29, 0.717) is 31.0 Å². The summed E-state index contributed by atoms with van der Waals surface area (Å²) in [5, 5.41) is 4.07. The Morgan fingerprint density at radius 3 is 2.27 bits per heavy atom. The molecule has 4 nitrogen and oxygen atoms in total. The molecule has 0 bridgehead atoms. The Morgan fingerprint density at radius 1 is 1.00 bits per heavy atom. The molecule has 174 valence electrons. The van der Waals surface area contributed by atoms with E-state index in [1.807, 2.05) is 35.2 Å². The quantitative estimate of drug-likeness (QED) is 0.366. The van der Waals surface area contributed by atoms with Crippen molar-refractivity contribution >= 4 is 23.3 Å². The maximum absolute atomic E-state index is 13.6. The van der Waals surface area contributed by atoms with E-state index in [9.17, 15) is 4.79 Å². The van der Waals surface area contributed by atoms with Gasteiger partial charge in [0, 0.05) is 35.2 Å². The van der Waals surface area contributed by atoms with Crippen LogP contribution in [0.5, 0.6) is 0 Å². The molecule has 1 N–H and O–H groups in total. The number of amides is 2. The van der Waals surface area contributed by atoms with Gasteiger partial charge in [-0.1, -0.05) is 75.7 Å². The monoisotopic (exact) mass is 463 g/mol. The molecule has 1 aromatic heterocycles. The fraction of sp³-hybridized carbons (Fsp3) is 0.393. The first kappa shape index (κ1) is 23.4. The van der Waals surface area contributed by atoms with E-state index in [-0.39, 0.29) is 6.03 Å². The van der Waals surface area contributed by atoms with Crippen LogP contribution in [0.25, 0.3) is 0 Å². The Balaban J connectivity index is 1.57. The second-order valence-corrected chi connectivity index (χ2v) is 10.0. The SMILES string of the molecule is CC(C)c1cccc(C(C)C)c1NC(=O)N(Cc1cccn1Cc1ccccc1Cl)C1CC1. The van der Waals surface area contributed by atoms with E-state index in [4.69, 9.17) is 11.6 Å². The molecule has 0 spiro atoms. The van der Waals surface area contributed by atoms with E-state index in [2.05, 4.69) is 68.0 Å². The number of carbonyl (C=O) groups is 1. The summed E-state index contributed by atoms with van der Waals surface area (Å²) in [7, 11) is 0. The van der Waals surface area contributed by atoms with Crippen LogP contribution in [0.4, 0.5) is 10.5 Å². The summed E-state index contributed by atoms with van der Waals surface area (Å²) in [5.41, 5.74) is 5.54. The summed E-state index contributed by atoms with van der Waals surface area (Å²) in [6.07, 6.45) is 4.18. The van der Waals surface area contributed by atoms with Crippen molar-refractivity contribution in [3.8, 4) is 0 Å². The molecule has 1 aliphatic rings. The Labute approximate surface area is 202 Å². The normalized spacial score (nSPS) is 13.5. The van der Waals surface area contributed by atoms with Crippen LogP contribution in [0, 0.1) is 0 Å². The van der Waals surface area contributed by atoms with Gasteiger partial charge in [0.2, 0.25) is 0 Å². The third-order valence-electron chi connectivity index (χ3n) is 6.41. The number of para-hydroxylation sites is 1. The molecule has 0 atom stereocenters. The Hall–Kier alpha value is -2.72. The van der Waals surface area contributed by atoms with Crippen LogP contribution >= 0.6 is 11.6 Å². The van der Waals surface area contributed by atoms with Crippen LogP contribution in [0.15, 0.2) is 60.8 Å². The van der Waals surface area contributed by atoms with Crippen LogP contribution in [0.1, 0.15) is 74.8 Å². The molecule has 33 heavy (non-hydrogen) atoms. The van der Waals surface area contributed by atoms with Crippen molar-refractivity contribution in [3.63, 3.8) is 0 Å². The molecule has 1 heterocycles. The van der Waals surface area contributed by atoms with E-state index >= 15 is 0 Å². The van der Waals surface area contributed by atoms with Crippen molar-refractivity contribution in [1.82, 2.24) is 9.47 Å². The summed E-state index contributed by atoms with van der Waals surface area (Å²) in [5.74, 6) is 0.669. The number of urea groups is 1. The molecule has 0 radical (unpaired) electrons. The molecular formula is C28H34ClN3O. The highest BCUT2D eigenvalue weighted by molar-refractivity contribution is 6.31. The second kappa shape index (κ2) is 10.0. The lowest BCUT2D eigenvalue weighted by atomic mass is 9.93. The molecule has 5 heteroatoms. The van der Waals surface area contributed by atoms with Crippen LogP contribution in [0.3, 0.4) is 0 Å². The molecule has 0 saturated heterocycles. The number of nitrogens with zero attached hydrogens (tertiary/aromatic N) is 2. The third kappa shape index (κ3) is 5.44. The zero-order valence-electron chi connectivity index (χ0n) is 20.0. The summed E-state index contributed by atoms with van der Waals surface area (Å²) in [4.78, 5) is 15.6. The highest BCUT2D eigenvalue weighted by Crippen LogP contribution is 2.34. The molecule has 4 rings (SSSR count). The minimum atomic E-state index is -0.0157. The molecule has 0 unspecified atom stereocenters. The van der Waals surface area contributed by atoms with Crippen molar-refractivity contribution in [1.29, 1.82) is 0 Å². The van der Waals surface area contributed by atoms with Gasteiger partial charge in [-0.05, 0) is 59.6 Å². The molecular weight excluding hydrogens is 430 g/mol. The van der Waals surface area contributed by atoms with Gasteiger partial charge < -0.3 is 14.8 Å². The fourth-order valence-corrected chi connectivity index (χ4v) is 4.55. The van der Waals surface area contributed by atoms with Gasteiger partial charge in [0.1, 0.15) is 0 Å². The number of hydrogen-bond acceptors (Lipinski definition) is 1. The maximum atomic E-state index is 13.6. The summed E-state index contributed by atoms with van der Waals surface area (Å²) < 4.78 is 2.19. The first-order valence-corrected chi connectivity index (χ1v) is 12.3. The van der Waals surface area contributed by atoms with Gasteiger partial charge in [-0.3, -0.25) is 0 Å². The van der Waals surface area contributed by atoms with Gasteiger partial charge in [-0.25, -0.2) is 4.79 Å². The third-order valence-corrected chi connectivity index (χ3v) is 6.78. The number of carbonyl (C=O) groups excluding carboxylic acids is 1. The van der Waals surface area contributed by atoms with Crippen LogP contribution in [-0.4, -0.2) is 21.5 Å². The molecule has 2 amide bonds. The van der Waals surface area contributed by atoms with Crippen LogP contribution < -0.4 is 5.32 Å². The van der Waals surface area contributed by atoms with Crippen molar-refractivity contribution in [2.75, 3.05) is 5.32 Å². The van der Waals surface area contributed by atoms with Gasteiger partial charge in [0.05, 0.1) is 6.54 Å². The molecule has 2 aromatic carbocycles. The number of halogens is 1. The Kier molecular flexibility index (Phi) is 7.14. The van der Waals surface area contributed by atoms with E-state index in [1.54, 1.807) is 0 Å². The lowest BCUT2D eigenvalue weighted by Gasteiger charge is -2.27. The highest BCUT2D eigenvalue weighted by Gasteiger charge is 2.34. The average Bonchev–Trinajstić information content (AvgIpc) is 3.53. The Bertz CT molecular complexity index is 1090. The lowest BCUT2D eigenvalue weighted by Crippen LogP contribution is -2.37. The maximum Gasteiger partial charge on any atom is 0.322 e. The lowest BCUT2D eigenvalue weighted by molar-refractivity contribution is 0.204. The largest absolute Gasteiger partial charge is 0.345 e. The molecule has 1 aliphatic carbocycles. The van der Waals surface area contributed by atoms with Gasteiger partial charge in [-0.2, -0.15) is 0 Å². The number of aromatic nitrogens is 1. The number of benzene rings is 2. The molecule has 3 aromatic rings. The van der Waals surface area contributed by atoms with E-state index in [1.165, 1.54) is 11.1 Å². The van der Waals surface area contributed by atoms with Crippen molar-refractivity contribution < 1.29 is 4.79 Å². The zero-order valence-corrected chi connectivity index (χ0v) is 20.8. The smallest absolute Gasteiger partial charge is 0.322 e. The van der Waals surface area contributed by atoms with E-state index in [0.717, 1.165) is 34.8 Å². The number of rotatable bonds is 8. The number of hydrogen-bond donors (Lipinski definition) is 1. The van der Waals surface area contributed by atoms with E-state index < -0.39 is 0 Å². The summed E-state index contributed by atoms with van der Waals surface area (Å²) in [6, 6.07) is 18.7. The van der Waals surface area contributed by atoms with Crippen molar-refractivity contribution in [2.45, 2.75) is 71.5 Å². The molecule has 0 aliphatic heterocycles. The second-order valence-electron chi connectivity index (χ2n) is 9.63. The highest BCUT2D eigenvalue weighted by atomic mass is 35.5. The predicted octanol–water partition coefficient (Wildman–Crippen LogP) is 7.63. The van der Waals surface area contributed by atoms with Crippen molar-refractivity contribution in [3.05, 3.63) is 88.2 Å². The fourth-order valence-electron chi connectivity index (χ4n) is 4.36. The molecule has 1 saturated carbocycles. The minimum absolute atomic E-state index is 0.0157.